The first-order valence-electron chi connectivity index (χ1n) is 5.74. The van der Waals surface area contributed by atoms with Crippen LogP contribution in [0.3, 0.4) is 0 Å². The Morgan fingerprint density at radius 2 is 1.71 bits per heavy atom. The van der Waals surface area contributed by atoms with E-state index >= 15 is 0 Å². The molecule has 108 valence electrons. The van der Waals surface area contributed by atoms with E-state index in [2.05, 4.69) is 21.2 Å². The number of hydrogen-bond donors (Lipinski definition) is 4. The molecular weight excluding hydrogens is 342 g/mol. The van der Waals surface area contributed by atoms with E-state index in [0.29, 0.717) is 4.47 Å². The van der Waals surface area contributed by atoms with Crippen LogP contribution in [0.15, 0.2) is 40.9 Å². The first-order valence-corrected chi connectivity index (χ1v) is 6.54. The lowest BCUT2D eigenvalue weighted by molar-refractivity contribution is 0.0697. The number of carbonyl (C=O) groups excluding carboxylic acids is 1. The molecule has 0 saturated heterocycles. The predicted octanol–water partition coefficient (Wildman–Crippen LogP) is 2.81. The summed E-state index contributed by atoms with van der Waals surface area (Å²) in [7, 11) is 0. The second-order valence-corrected chi connectivity index (χ2v) is 5.07. The summed E-state index contributed by atoms with van der Waals surface area (Å²) < 4.78 is 0.604. The molecule has 0 heterocycles. The van der Waals surface area contributed by atoms with Crippen molar-refractivity contribution in [3.05, 3.63) is 52.0 Å². The number of phenols is 2. The minimum atomic E-state index is -1.29. The Bertz CT molecular complexity index is 729. The fourth-order valence-corrected chi connectivity index (χ4v) is 2.05. The molecule has 0 atom stereocenters. The number of halogens is 1. The average Bonchev–Trinajstić information content (AvgIpc) is 2.40. The van der Waals surface area contributed by atoms with Gasteiger partial charge < -0.3 is 20.6 Å². The molecule has 0 aromatic heterocycles. The molecule has 0 aliphatic rings. The average molecular weight is 352 g/mol. The molecule has 0 unspecified atom stereocenters. The highest BCUT2D eigenvalue weighted by molar-refractivity contribution is 9.10. The predicted molar refractivity (Wildman–Crippen MR) is 78.8 cm³/mol. The highest BCUT2D eigenvalue weighted by Gasteiger charge is 2.16. The fraction of sp³-hybridized carbons (Fsp3) is 0. The second kappa shape index (κ2) is 5.84. The van der Waals surface area contributed by atoms with Gasteiger partial charge in [0.2, 0.25) is 0 Å². The van der Waals surface area contributed by atoms with Crippen molar-refractivity contribution in [1.29, 1.82) is 0 Å². The summed E-state index contributed by atoms with van der Waals surface area (Å²) in [5.41, 5.74) is -0.227. The molecule has 0 spiro atoms. The van der Waals surface area contributed by atoms with Gasteiger partial charge in [-0.3, -0.25) is 4.79 Å². The Kier molecular flexibility index (Phi) is 4.13. The van der Waals surface area contributed by atoms with Crippen LogP contribution in [0.4, 0.5) is 5.69 Å². The zero-order valence-electron chi connectivity index (χ0n) is 10.5. The van der Waals surface area contributed by atoms with E-state index in [9.17, 15) is 19.8 Å². The number of phenolic OH excluding ortho intramolecular Hbond substituents is 2. The molecular formula is C14H10BrNO5. The van der Waals surface area contributed by atoms with Gasteiger partial charge >= 0.3 is 5.97 Å². The van der Waals surface area contributed by atoms with Crippen LogP contribution in [0.2, 0.25) is 0 Å². The number of amides is 1. The quantitative estimate of drug-likeness (QED) is 0.636. The molecule has 1 amide bonds. The van der Waals surface area contributed by atoms with Crippen LogP contribution in [-0.4, -0.2) is 27.2 Å². The standard InChI is InChI=1S/C14H10BrNO5/c15-7-1-3-9(12(18)5-7)13(19)16-11-4-2-8(17)6-10(11)14(20)21/h1-6,17-18H,(H,16,19)(H,20,21). The maximum Gasteiger partial charge on any atom is 0.337 e. The van der Waals surface area contributed by atoms with Gasteiger partial charge in [0.25, 0.3) is 5.91 Å². The van der Waals surface area contributed by atoms with Gasteiger partial charge in [0.05, 0.1) is 16.8 Å². The van der Waals surface area contributed by atoms with Crippen LogP contribution in [0, 0.1) is 0 Å². The fourth-order valence-electron chi connectivity index (χ4n) is 1.70. The van der Waals surface area contributed by atoms with Crippen molar-refractivity contribution in [3.8, 4) is 11.5 Å². The molecule has 0 radical (unpaired) electrons. The largest absolute Gasteiger partial charge is 0.508 e. The van der Waals surface area contributed by atoms with Crippen molar-refractivity contribution in [2.75, 3.05) is 5.32 Å². The maximum atomic E-state index is 12.1. The topological polar surface area (TPSA) is 107 Å². The first-order chi connectivity index (χ1) is 9.88. The third kappa shape index (κ3) is 3.32. The summed E-state index contributed by atoms with van der Waals surface area (Å²) >= 11 is 3.15. The van der Waals surface area contributed by atoms with Gasteiger partial charge in [0.15, 0.2) is 0 Å². The van der Waals surface area contributed by atoms with E-state index in [1.165, 1.54) is 24.3 Å². The molecule has 0 aliphatic heterocycles. The number of carboxylic acids is 1. The number of benzene rings is 2. The zero-order valence-corrected chi connectivity index (χ0v) is 12.1. The number of nitrogens with one attached hydrogen (secondary N) is 1. The monoisotopic (exact) mass is 351 g/mol. The van der Waals surface area contributed by atoms with Crippen LogP contribution in [0.5, 0.6) is 11.5 Å². The van der Waals surface area contributed by atoms with Crippen molar-refractivity contribution in [1.82, 2.24) is 0 Å². The Hall–Kier alpha value is -2.54. The van der Waals surface area contributed by atoms with Crippen molar-refractivity contribution in [2.24, 2.45) is 0 Å². The van der Waals surface area contributed by atoms with Crippen molar-refractivity contribution in [3.63, 3.8) is 0 Å². The summed E-state index contributed by atoms with van der Waals surface area (Å²) in [6.45, 7) is 0. The molecule has 0 saturated carbocycles. The van der Waals surface area contributed by atoms with Gasteiger partial charge in [-0.05, 0) is 36.4 Å². The Morgan fingerprint density at radius 1 is 1.00 bits per heavy atom. The molecule has 0 bridgehead atoms. The molecule has 0 aliphatic carbocycles. The van der Waals surface area contributed by atoms with Gasteiger partial charge in [0.1, 0.15) is 11.5 Å². The summed E-state index contributed by atoms with van der Waals surface area (Å²) in [5.74, 6) is -2.41. The van der Waals surface area contributed by atoms with Crippen LogP contribution in [-0.2, 0) is 0 Å². The number of aromatic carboxylic acids is 1. The number of aromatic hydroxyl groups is 2. The molecule has 2 aromatic rings. The number of carbonyl (C=O) groups is 2. The van der Waals surface area contributed by atoms with E-state index in [1.807, 2.05) is 0 Å². The maximum absolute atomic E-state index is 12.1. The molecule has 7 heteroatoms. The van der Waals surface area contributed by atoms with Crippen molar-refractivity contribution in [2.45, 2.75) is 0 Å². The van der Waals surface area contributed by atoms with Crippen molar-refractivity contribution >= 4 is 33.5 Å². The van der Waals surface area contributed by atoms with Crippen LogP contribution < -0.4 is 5.32 Å². The first kappa shape index (κ1) is 14.9. The van der Waals surface area contributed by atoms with E-state index in [0.717, 1.165) is 6.07 Å². The number of anilines is 1. The smallest absolute Gasteiger partial charge is 0.337 e. The summed E-state index contributed by atoms with van der Waals surface area (Å²) in [6, 6.07) is 7.87. The summed E-state index contributed by atoms with van der Waals surface area (Å²) in [5, 5.41) is 30.4. The Morgan fingerprint density at radius 3 is 2.33 bits per heavy atom. The van der Waals surface area contributed by atoms with E-state index in [-0.39, 0.29) is 28.3 Å². The van der Waals surface area contributed by atoms with Crippen molar-refractivity contribution < 1.29 is 24.9 Å². The minimum Gasteiger partial charge on any atom is -0.508 e. The normalized spacial score (nSPS) is 10.1. The third-order valence-electron chi connectivity index (χ3n) is 2.69. The van der Waals surface area contributed by atoms with Crippen LogP contribution in [0.25, 0.3) is 0 Å². The molecule has 0 fully saturated rings. The van der Waals surface area contributed by atoms with Crippen LogP contribution in [0.1, 0.15) is 20.7 Å². The Labute approximate surface area is 127 Å². The number of carboxylic acid groups (broad SMARTS) is 1. The van der Waals surface area contributed by atoms with E-state index in [4.69, 9.17) is 5.11 Å². The second-order valence-electron chi connectivity index (χ2n) is 4.15. The van der Waals surface area contributed by atoms with Gasteiger partial charge in [-0.2, -0.15) is 0 Å². The lowest BCUT2D eigenvalue weighted by Crippen LogP contribution is -2.15. The lowest BCUT2D eigenvalue weighted by Gasteiger charge is -2.10. The van der Waals surface area contributed by atoms with Crippen LogP contribution >= 0.6 is 15.9 Å². The molecule has 21 heavy (non-hydrogen) atoms. The zero-order chi connectivity index (χ0) is 15.6. The van der Waals surface area contributed by atoms with E-state index < -0.39 is 11.9 Å². The molecule has 2 aromatic carbocycles. The SMILES string of the molecule is O=C(Nc1ccc(O)cc1C(=O)O)c1ccc(Br)cc1O. The number of rotatable bonds is 3. The molecule has 2 rings (SSSR count). The summed E-state index contributed by atoms with van der Waals surface area (Å²) in [6.07, 6.45) is 0. The molecule has 4 N–H and O–H groups in total. The van der Waals surface area contributed by atoms with Gasteiger partial charge in [0, 0.05) is 4.47 Å². The highest BCUT2D eigenvalue weighted by atomic mass is 79.9. The molecule has 6 nitrogen and oxygen atoms in total. The number of hydrogen-bond acceptors (Lipinski definition) is 4. The van der Waals surface area contributed by atoms with Gasteiger partial charge in [-0.1, -0.05) is 15.9 Å². The Balaban J connectivity index is 2.34. The lowest BCUT2D eigenvalue weighted by atomic mass is 10.1. The summed E-state index contributed by atoms with van der Waals surface area (Å²) in [4.78, 5) is 23.1. The highest BCUT2D eigenvalue weighted by Crippen LogP contribution is 2.25. The minimum absolute atomic E-state index is 0.00242. The van der Waals surface area contributed by atoms with Gasteiger partial charge in [-0.25, -0.2) is 4.79 Å². The van der Waals surface area contributed by atoms with Gasteiger partial charge in [-0.15, -0.1) is 0 Å². The third-order valence-corrected chi connectivity index (χ3v) is 3.18. The van der Waals surface area contributed by atoms with E-state index in [1.54, 1.807) is 6.07 Å².